The predicted octanol–water partition coefficient (Wildman–Crippen LogP) is 1.29. The molecule has 20 heavy (non-hydrogen) atoms. The molecule has 8 heteroatoms. The Kier molecular flexibility index (Phi) is 9.75. The van der Waals surface area contributed by atoms with Gasteiger partial charge in [-0.25, -0.2) is 4.98 Å². The number of aromatic nitrogens is 1. The molecule has 0 unspecified atom stereocenters. The highest BCUT2D eigenvalue weighted by molar-refractivity contribution is 7.99. The van der Waals surface area contributed by atoms with Gasteiger partial charge in [0.2, 0.25) is 0 Å². The molecule has 0 radical (unpaired) electrons. The maximum Gasteiger partial charge on any atom is 0.269 e. The van der Waals surface area contributed by atoms with Crippen LogP contribution in [-0.2, 0) is 0 Å². The minimum absolute atomic E-state index is 0. The number of carbonyl (C=O) groups is 1. The van der Waals surface area contributed by atoms with Crippen molar-refractivity contribution >= 4 is 48.2 Å². The van der Waals surface area contributed by atoms with Gasteiger partial charge in [0.05, 0.1) is 11.9 Å². The first-order valence-electron chi connectivity index (χ1n) is 6.05. The van der Waals surface area contributed by atoms with Gasteiger partial charge in [-0.15, -0.1) is 24.8 Å². The normalized spacial score (nSPS) is 14.8. The zero-order chi connectivity index (χ0) is 12.8. The highest BCUT2D eigenvalue weighted by Crippen LogP contribution is 2.08. The lowest BCUT2D eigenvalue weighted by molar-refractivity contribution is 0.0944. The second-order valence-electron chi connectivity index (χ2n) is 4.19. The van der Waals surface area contributed by atoms with Crippen molar-refractivity contribution in [2.24, 2.45) is 0 Å². The van der Waals surface area contributed by atoms with E-state index in [0.29, 0.717) is 17.9 Å². The molecule has 1 fully saturated rings. The third kappa shape index (κ3) is 6.17. The van der Waals surface area contributed by atoms with E-state index >= 15 is 0 Å². The Morgan fingerprint density at radius 3 is 2.65 bits per heavy atom. The summed E-state index contributed by atoms with van der Waals surface area (Å²) >= 11 is 1.99. The maximum atomic E-state index is 11.8. The van der Waals surface area contributed by atoms with Gasteiger partial charge in [-0.3, -0.25) is 9.69 Å². The zero-order valence-electron chi connectivity index (χ0n) is 11.1. The van der Waals surface area contributed by atoms with Crippen molar-refractivity contribution < 1.29 is 4.79 Å². The summed E-state index contributed by atoms with van der Waals surface area (Å²) in [7, 11) is 0. The summed E-state index contributed by atoms with van der Waals surface area (Å²) in [5.74, 6) is 2.24. The maximum absolute atomic E-state index is 11.8. The van der Waals surface area contributed by atoms with Gasteiger partial charge in [0, 0.05) is 37.7 Å². The van der Waals surface area contributed by atoms with Gasteiger partial charge in [-0.2, -0.15) is 11.8 Å². The minimum atomic E-state index is -0.138. The summed E-state index contributed by atoms with van der Waals surface area (Å²) in [4.78, 5) is 18.1. The number of pyridine rings is 1. The summed E-state index contributed by atoms with van der Waals surface area (Å²) in [5.41, 5.74) is 6.50. The molecule has 0 atom stereocenters. The summed E-state index contributed by atoms with van der Waals surface area (Å²) in [6.07, 6.45) is 1.50. The quantitative estimate of drug-likeness (QED) is 0.865. The molecule has 0 aliphatic carbocycles. The number of nitrogen functional groups attached to an aromatic ring is 1. The monoisotopic (exact) mass is 338 g/mol. The lowest BCUT2D eigenvalue weighted by atomic mass is 10.3. The molecule has 0 aromatic carbocycles. The molecule has 5 nitrogen and oxygen atoms in total. The Morgan fingerprint density at radius 1 is 1.35 bits per heavy atom. The Bertz CT molecular complexity index is 399. The summed E-state index contributed by atoms with van der Waals surface area (Å²) < 4.78 is 0. The Balaban J connectivity index is 0.00000180. The SMILES string of the molecule is Cl.Cl.Nc1ccc(C(=O)NCCN2CCSCC2)nc1. The van der Waals surface area contributed by atoms with Gasteiger partial charge in [-0.1, -0.05) is 0 Å². The van der Waals surface area contributed by atoms with Crippen molar-refractivity contribution in [1.82, 2.24) is 15.2 Å². The highest BCUT2D eigenvalue weighted by Gasteiger charge is 2.11. The molecule has 1 amide bonds. The number of anilines is 1. The van der Waals surface area contributed by atoms with Crippen LogP contribution in [0.15, 0.2) is 18.3 Å². The summed E-state index contributed by atoms with van der Waals surface area (Å²) in [6, 6.07) is 3.33. The second-order valence-corrected chi connectivity index (χ2v) is 5.41. The molecule has 1 aromatic rings. The summed E-state index contributed by atoms with van der Waals surface area (Å²) in [5, 5.41) is 2.87. The third-order valence-corrected chi connectivity index (χ3v) is 3.78. The van der Waals surface area contributed by atoms with Crippen molar-refractivity contribution in [3.63, 3.8) is 0 Å². The Hall–Kier alpha value is -0.690. The molecule has 2 rings (SSSR count). The predicted molar refractivity (Wildman–Crippen MR) is 89.2 cm³/mol. The molecular formula is C12H20Cl2N4OS. The van der Waals surface area contributed by atoms with Crippen LogP contribution in [0.25, 0.3) is 0 Å². The van der Waals surface area contributed by atoms with Gasteiger partial charge in [0.15, 0.2) is 0 Å². The van der Waals surface area contributed by atoms with Crippen molar-refractivity contribution in [2.45, 2.75) is 0 Å². The number of carbonyl (C=O) groups excluding carboxylic acids is 1. The van der Waals surface area contributed by atoms with E-state index in [9.17, 15) is 4.79 Å². The highest BCUT2D eigenvalue weighted by atomic mass is 35.5. The fraction of sp³-hybridized carbons (Fsp3) is 0.500. The topological polar surface area (TPSA) is 71.2 Å². The number of rotatable bonds is 4. The smallest absolute Gasteiger partial charge is 0.269 e. The first kappa shape index (κ1) is 19.3. The van der Waals surface area contributed by atoms with Crippen LogP contribution >= 0.6 is 36.6 Å². The fourth-order valence-electron chi connectivity index (χ4n) is 1.78. The Labute approximate surface area is 135 Å². The van der Waals surface area contributed by atoms with E-state index < -0.39 is 0 Å². The van der Waals surface area contributed by atoms with E-state index in [4.69, 9.17) is 5.73 Å². The average Bonchev–Trinajstić information content (AvgIpc) is 2.40. The first-order chi connectivity index (χ1) is 8.75. The molecule has 0 saturated carbocycles. The number of nitrogens with one attached hydrogen (secondary N) is 1. The van der Waals surface area contributed by atoms with Crippen LogP contribution in [0.4, 0.5) is 5.69 Å². The van der Waals surface area contributed by atoms with Gasteiger partial charge < -0.3 is 11.1 Å². The molecule has 1 aromatic heterocycles. The second kappa shape index (κ2) is 10.1. The summed E-state index contributed by atoms with van der Waals surface area (Å²) in [6.45, 7) is 3.79. The van der Waals surface area contributed by atoms with Gasteiger partial charge in [0.25, 0.3) is 5.91 Å². The minimum Gasteiger partial charge on any atom is -0.397 e. The van der Waals surface area contributed by atoms with Crippen molar-refractivity contribution in [1.29, 1.82) is 0 Å². The number of nitrogens with zero attached hydrogens (tertiary/aromatic N) is 2. The molecule has 1 aliphatic rings. The van der Waals surface area contributed by atoms with Gasteiger partial charge in [-0.05, 0) is 12.1 Å². The van der Waals surface area contributed by atoms with E-state index in [0.717, 1.165) is 19.6 Å². The lowest BCUT2D eigenvalue weighted by Gasteiger charge is -2.25. The van der Waals surface area contributed by atoms with Gasteiger partial charge in [0.1, 0.15) is 5.69 Å². The molecule has 0 spiro atoms. The van der Waals surface area contributed by atoms with E-state index in [-0.39, 0.29) is 30.7 Å². The molecule has 2 heterocycles. The van der Waals surface area contributed by atoms with Crippen LogP contribution < -0.4 is 11.1 Å². The largest absolute Gasteiger partial charge is 0.397 e. The number of hydrogen-bond acceptors (Lipinski definition) is 5. The zero-order valence-corrected chi connectivity index (χ0v) is 13.5. The van der Waals surface area contributed by atoms with E-state index in [1.54, 1.807) is 12.1 Å². The average molecular weight is 339 g/mol. The molecule has 0 bridgehead atoms. The fourth-order valence-corrected chi connectivity index (χ4v) is 2.76. The first-order valence-corrected chi connectivity index (χ1v) is 7.21. The van der Waals surface area contributed by atoms with Crippen LogP contribution in [0, 0.1) is 0 Å². The van der Waals surface area contributed by atoms with Crippen LogP contribution in [0.1, 0.15) is 10.5 Å². The van der Waals surface area contributed by atoms with Crippen LogP contribution in [0.5, 0.6) is 0 Å². The third-order valence-electron chi connectivity index (χ3n) is 2.84. The van der Waals surface area contributed by atoms with Crippen LogP contribution in [0.3, 0.4) is 0 Å². The van der Waals surface area contributed by atoms with Crippen molar-refractivity contribution in [3.8, 4) is 0 Å². The van der Waals surface area contributed by atoms with E-state index in [2.05, 4.69) is 15.2 Å². The number of nitrogens with two attached hydrogens (primary N) is 1. The molecule has 1 saturated heterocycles. The van der Waals surface area contributed by atoms with Gasteiger partial charge >= 0.3 is 0 Å². The van der Waals surface area contributed by atoms with Crippen molar-refractivity contribution in [3.05, 3.63) is 24.0 Å². The molecular weight excluding hydrogens is 319 g/mol. The Morgan fingerprint density at radius 2 is 2.05 bits per heavy atom. The number of halogens is 2. The van der Waals surface area contributed by atoms with E-state index in [1.165, 1.54) is 17.7 Å². The number of hydrogen-bond donors (Lipinski definition) is 2. The molecule has 1 aliphatic heterocycles. The lowest BCUT2D eigenvalue weighted by Crippen LogP contribution is -2.39. The standard InChI is InChI=1S/C12H18N4OS.2ClH/c13-10-1-2-11(15-9-10)12(17)14-3-4-16-5-7-18-8-6-16;;/h1-2,9H,3-8,13H2,(H,14,17);2*1H. The molecule has 3 N–H and O–H groups in total. The number of amides is 1. The number of thioether (sulfide) groups is 1. The van der Waals surface area contributed by atoms with E-state index in [1.807, 2.05) is 11.8 Å². The van der Waals surface area contributed by atoms with Crippen LogP contribution in [-0.4, -0.2) is 53.5 Å². The molecule has 114 valence electrons. The van der Waals surface area contributed by atoms with Crippen molar-refractivity contribution in [2.75, 3.05) is 43.4 Å². The van der Waals surface area contributed by atoms with Crippen LogP contribution in [0.2, 0.25) is 0 Å².